The summed E-state index contributed by atoms with van der Waals surface area (Å²) in [4.78, 5) is 20.6. The molecule has 0 spiro atoms. The minimum Gasteiger partial charge on any atom is -0.345 e. The first-order valence-electron chi connectivity index (χ1n) is 10.5. The Morgan fingerprint density at radius 2 is 1.94 bits per heavy atom. The summed E-state index contributed by atoms with van der Waals surface area (Å²) in [6, 6.07) is 6.12. The molecule has 1 saturated carbocycles. The summed E-state index contributed by atoms with van der Waals surface area (Å²) in [5.41, 5.74) is 1.56. The maximum Gasteiger partial charge on any atom is 0.301 e. The largest absolute Gasteiger partial charge is 0.345 e. The van der Waals surface area contributed by atoms with Crippen LogP contribution in [0.4, 0.5) is 10.1 Å². The molecule has 9 heteroatoms. The predicted octanol–water partition coefficient (Wildman–Crippen LogP) is 3.95. The highest BCUT2D eigenvalue weighted by atomic mass is 32.2. The van der Waals surface area contributed by atoms with Crippen molar-refractivity contribution in [3.05, 3.63) is 59.2 Å². The number of pyridine rings is 1. The van der Waals surface area contributed by atoms with Gasteiger partial charge in [0.25, 0.3) is 0 Å². The highest BCUT2D eigenvalue weighted by molar-refractivity contribution is 7.90. The monoisotopic (exact) mass is 442 g/mol. The van der Waals surface area contributed by atoms with Gasteiger partial charge in [0.05, 0.1) is 11.3 Å². The molecule has 1 aliphatic heterocycles. The molecule has 0 radical (unpaired) electrons. The van der Waals surface area contributed by atoms with E-state index in [0.29, 0.717) is 35.6 Å². The normalized spacial score (nSPS) is 17.7. The Morgan fingerprint density at radius 1 is 1.16 bits per heavy atom. The number of hydrogen-bond acceptors (Lipinski definition) is 4. The van der Waals surface area contributed by atoms with Gasteiger partial charge in [0.1, 0.15) is 5.65 Å². The number of carbonyl (C=O) groups is 1. The molecular formula is C22H23FN4O3S. The molecule has 31 heavy (non-hydrogen) atoms. The molecular weight excluding hydrogens is 419 g/mol. The molecule has 2 N–H and O–H groups in total. The molecule has 0 unspecified atom stereocenters. The lowest BCUT2D eigenvalue weighted by Crippen LogP contribution is -2.33. The lowest BCUT2D eigenvalue weighted by atomic mass is 9.80. The number of fused-ring (bicyclic) bond motifs is 1. The van der Waals surface area contributed by atoms with Gasteiger partial charge in [-0.25, -0.2) is 9.37 Å². The molecule has 0 atom stereocenters. The zero-order valence-corrected chi connectivity index (χ0v) is 17.7. The summed E-state index contributed by atoms with van der Waals surface area (Å²) in [5, 5.41) is 0.650. The SMILES string of the molecule is O=C(c1cccc(NS(=O)(=O)N2CCCC2)c1F)c1c[nH]c2ncc(C3CCC3)cc12. The lowest BCUT2D eigenvalue weighted by molar-refractivity contribution is 0.103. The quantitative estimate of drug-likeness (QED) is 0.565. The van der Waals surface area contributed by atoms with Crippen molar-refractivity contribution in [2.75, 3.05) is 17.8 Å². The number of hydrogen-bond donors (Lipinski definition) is 2. The summed E-state index contributed by atoms with van der Waals surface area (Å²) in [5.74, 6) is -0.943. The second kappa shape index (κ2) is 7.72. The maximum atomic E-state index is 15.2. The molecule has 7 nitrogen and oxygen atoms in total. The van der Waals surface area contributed by atoms with Gasteiger partial charge in [0, 0.05) is 36.4 Å². The van der Waals surface area contributed by atoms with Crippen molar-refractivity contribution in [2.24, 2.45) is 0 Å². The van der Waals surface area contributed by atoms with Gasteiger partial charge in [0.2, 0.25) is 0 Å². The number of rotatable bonds is 6. The number of anilines is 1. The van der Waals surface area contributed by atoms with Crippen LogP contribution in [-0.4, -0.2) is 41.6 Å². The second-order valence-electron chi connectivity index (χ2n) is 8.20. The predicted molar refractivity (Wildman–Crippen MR) is 116 cm³/mol. The van der Waals surface area contributed by atoms with E-state index in [1.807, 2.05) is 12.3 Å². The number of nitrogens with one attached hydrogen (secondary N) is 2. The van der Waals surface area contributed by atoms with Crippen molar-refractivity contribution < 1.29 is 17.6 Å². The Bertz CT molecular complexity index is 1260. The highest BCUT2D eigenvalue weighted by Crippen LogP contribution is 2.37. The molecule has 1 saturated heterocycles. The molecule has 2 aliphatic rings. The Kier molecular flexibility index (Phi) is 5.02. The molecule has 5 rings (SSSR count). The molecule has 162 valence electrons. The number of H-pyrrole nitrogens is 1. The average molecular weight is 443 g/mol. The first kappa shape index (κ1) is 20.1. The summed E-state index contributed by atoms with van der Waals surface area (Å²) in [6.07, 6.45) is 8.31. The Balaban J connectivity index is 1.48. The first-order chi connectivity index (χ1) is 14.9. The van der Waals surface area contributed by atoms with Crippen LogP contribution in [0.5, 0.6) is 0 Å². The number of aromatic amines is 1. The van der Waals surface area contributed by atoms with Crippen LogP contribution in [0.15, 0.2) is 36.7 Å². The number of nitrogens with zero attached hydrogens (tertiary/aromatic N) is 2. The summed E-state index contributed by atoms with van der Waals surface area (Å²) in [6.45, 7) is 0.808. The third-order valence-electron chi connectivity index (χ3n) is 6.26. The molecule has 1 aromatic carbocycles. The highest BCUT2D eigenvalue weighted by Gasteiger charge is 2.28. The van der Waals surface area contributed by atoms with Crippen LogP contribution in [0.25, 0.3) is 11.0 Å². The average Bonchev–Trinajstić information content (AvgIpc) is 3.38. The van der Waals surface area contributed by atoms with Crippen molar-refractivity contribution in [3.8, 4) is 0 Å². The van der Waals surface area contributed by atoms with Crippen LogP contribution in [-0.2, 0) is 10.2 Å². The minimum absolute atomic E-state index is 0.184. The number of aromatic nitrogens is 2. The van der Waals surface area contributed by atoms with Crippen LogP contribution in [0.3, 0.4) is 0 Å². The molecule has 0 amide bonds. The van der Waals surface area contributed by atoms with E-state index in [4.69, 9.17) is 0 Å². The van der Waals surface area contributed by atoms with Crippen LogP contribution in [0.2, 0.25) is 0 Å². The Labute approximate surface area is 179 Å². The number of benzene rings is 1. The van der Waals surface area contributed by atoms with Crippen LogP contribution in [0.1, 0.15) is 59.5 Å². The molecule has 3 aromatic rings. The van der Waals surface area contributed by atoms with Gasteiger partial charge in [-0.3, -0.25) is 9.52 Å². The zero-order valence-electron chi connectivity index (χ0n) is 16.9. The van der Waals surface area contributed by atoms with E-state index >= 15 is 4.39 Å². The molecule has 2 fully saturated rings. The van der Waals surface area contributed by atoms with E-state index < -0.39 is 21.8 Å². The van der Waals surface area contributed by atoms with E-state index in [-0.39, 0.29) is 11.3 Å². The van der Waals surface area contributed by atoms with Crippen LogP contribution >= 0.6 is 0 Å². The van der Waals surface area contributed by atoms with E-state index in [0.717, 1.165) is 31.2 Å². The van der Waals surface area contributed by atoms with Gasteiger partial charge in [-0.2, -0.15) is 12.7 Å². The summed E-state index contributed by atoms with van der Waals surface area (Å²) < 4.78 is 43.8. The second-order valence-corrected chi connectivity index (χ2v) is 9.88. The maximum absolute atomic E-state index is 15.2. The summed E-state index contributed by atoms with van der Waals surface area (Å²) in [7, 11) is -3.86. The van der Waals surface area contributed by atoms with E-state index in [1.165, 1.54) is 35.1 Å². The third-order valence-corrected chi connectivity index (χ3v) is 7.78. The first-order valence-corrected chi connectivity index (χ1v) is 12.0. The topological polar surface area (TPSA) is 95.2 Å². The van der Waals surface area contributed by atoms with Crippen molar-refractivity contribution in [2.45, 2.75) is 38.0 Å². The van der Waals surface area contributed by atoms with Crippen molar-refractivity contribution in [1.29, 1.82) is 0 Å². The van der Waals surface area contributed by atoms with Crippen molar-refractivity contribution in [3.63, 3.8) is 0 Å². The lowest BCUT2D eigenvalue weighted by Gasteiger charge is -2.25. The molecule has 0 bridgehead atoms. The standard InChI is InChI=1S/C22H23FN4O3S/c23-20-16(7-4-8-19(20)26-31(29,30)27-9-1-2-10-27)21(28)18-13-25-22-17(18)11-15(12-24-22)14-5-3-6-14/h4,7-8,11-14,26H,1-3,5-6,9-10H2,(H,24,25). The van der Waals surface area contributed by atoms with Gasteiger partial charge in [0.15, 0.2) is 11.6 Å². The van der Waals surface area contributed by atoms with Crippen molar-refractivity contribution >= 4 is 32.7 Å². The van der Waals surface area contributed by atoms with Gasteiger partial charge in [-0.1, -0.05) is 12.5 Å². The van der Waals surface area contributed by atoms with E-state index in [2.05, 4.69) is 14.7 Å². The molecule has 3 heterocycles. The van der Waals surface area contributed by atoms with Crippen molar-refractivity contribution in [1.82, 2.24) is 14.3 Å². The fourth-order valence-corrected chi connectivity index (χ4v) is 5.54. The smallest absolute Gasteiger partial charge is 0.301 e. The fourth-order valence-electron chi connectivity index (χ4n) is 4.24. The Morgan fingerprint density at radius 3 is 2.65 bits per heavy atom. The van der Waals surface area contributed by atoms with Gasteiger partial charge in [-0.05, 0) is 55.4 Å². The summed E-state index contributed by atoms with van der Waals surface area (Å²) >= 11 is 0. The van der Waals surface area contributed by atoms with Gasteiger partial charge < -0.3 is 4.98 Å². The van der Waals surface area contributed by atoms with Crippen LogP contribution < -0.4 is 4.72 Å². The number of ketones is 1. The fraction of sp³-hybridized carbons (Fsp3) is 0.364. The van der Waals surface area contributed by atoms with Gasteiger partial charge in [-0.15, -0.1) is 0 Å². The zero-order chi connectivity index (χ0) is 21.6. The molecule has 2 aromatic heterocycles. The Hall–Kier alpha value is -2.78. The van der Waals surface area contributed by atoms with Gasteiger partial charge >= 0.3 is 10.2 Å². The van der Waals surface area contributed by atoms with E-state index in [1.54, 1.807) is 0 Å². The number of halogens is 1. The van der Waals surface area contributed by atoms with E-state index in [9.17, 15) is 13.2 Å². The molecule has 1 aliphatic carbocycles. The van der Waals surface area contributed by atoms with Crippen LogP contribution in [0, 0.1) is 5.82 Å². The number of carbonyl (C=O) groups excluding carboxylic acids is 1. The third kappa shape index (κ3) is 3.61. The minimum atomic E-state index is -3.86.